The van der Waals surface area contributed by atoms with Crippen LogP contribution >= 0.6 is 28.3 Å². The second kappa shape index (κ2) is 3.92. The summed E-state index contributed by atoms with van der Waals surface area (Å²) < 4.78 is 36.1. The van der Waals surface area contributed by atoms with Crippen LogP contribution in [0.4, 0.5) is 13.2 Å². The van der Waals surface area contributed by atoms with E-state index in [9.17, 15) is 13.2 Å². The van der Waals surface area contributed by atoms with Crippen LogP contribution < -0.4 is 5.30 Å². The predicted octanol–water partition coefficient (Wildman–Crippen LogP) is 3.36. The average Bonchev–Trinajstić information content (AvgIpc) is 2.03. The number of benzene rings is 1. The summed E-state index contributed by atoms with van der Waals surface area (Å²) in [5.41, 5.74) is -0.583. The zero-order valence-corrected chi connectivity index (χ0v) is 8.98. The fraction of sp³-hybridized carbons (Fsp3) is 0.143. The maximum absolute atomic E-state index is 12.0. The van der Waals surface area contributed by atoms with Gasteiger partial charge in [0.1, 0.15) is 0 Å². The van der Waals surface area contributed by atoms with Gasteiger partial charge in [0.2, 0.25) is 0 Å². The first-order valence-electron chi connectivity index (χ1n) is 3.08. The minimum Gasteiger partial charge on any atom is -0.166 e. The van der Waals surface area contributed by atoms with E-state index in [4.69, 9.17) is 0 Å². The van der Waals surface area contributed by atoms with Gasteiger partial charge in [-0.25, -0.2) is 0 Å². The van der Waals surface area contributed by atoms with Crippen molar-refractivity contribution in [2.75, 3.05) is 0 Å². The zero-order valence-electron chi connectivity index (χ0n) is 5.82. The Morgan fingerprint density at radius 1 is 1.08 bits per heavy atom. The molecule has 0 N–H and O–H groups in total. The molecule has 0 aliphatic carbocycles. The maximum atomic E-state index is 12.0. The summed E-state index contributed by atoms with van der Waals surface area (Å²) in [5, 5.41) is 0.934. The normalized spacial score (nSPS) is 12.7. The smallest absolute Gasteiger partial charge is 0.166 e. The molecule has 0 amide bonds. The highest BCUT2D eigenvalue weighted by atomic mass is 127. The number of halogens is 4. The molecule has 0 bridgehead atoms. The van der Waals surface area contributed by atoms with Crippen molar-refractivity contribution < 1.29 is 13.2 Å². The lowest BCUT2D eigenvalue weighted by molar-refractivity contribution is -0.137. The molecule has 66 valence electrons. The fourth-order valence-electron chi connectivity index (χ4n) is 0.722. The maximum Gasteiger partial charge on any atom is 0.416 e. The van der Waals surface area contributed by atoms with Gasteiger partial charge in [-0.15, -0.1) is 0 Å². The van der Waals surface area contributed by atoms with Gasteiger partial charge in [0, 0.05) is 0 Å². The Hall–Kier alpha value is 0.170. The lowest BCUT2D eigenvalue weighted by Gasteiger charge is -2.05. The molecule has 0 fully saturated rings. The minimum atomic E-state index is -4.22. The van der Waals surface area contributed by atoms with Crippen molar-refractivity contribution >= 4 is 33.6 Å². The van der Waals surface area contributed by atoms with Crippen LogP contribution in [-0.2, 0) is 6.18 Å². The molecule has 1 atom stereocenters. The van der Waals surface area contributed by atoms with Gasteiger partial charge in [0.05, 0.1) is 5.56 Å². The first-order valence-corrected chi connectivity index (χ1v) is 7.19. The van der Waals surface area contributed by atoms with Crippen molar-refractivity contribution in [1.82, 2.24) is 0 Å². The number of hydrogen-bond acceptors (Lipinski definition) is 0. The second-order valence-electron chi connectivity index (χ2n) is 2.17. The molecule has 0 aliphatic heterocycles. The van der Waals surface area contributed by atoms with Crippen LogP contribution in [0.1, 0.15) is 5.56 Å². The molecule has 1 unspecified atom stereocenters. The van der Waals surface area contributed by atoms with E-state index in [0.29, 0.717) is 6.22 Å². The Labute approximate surface area is 82.8 Å². The highest BCUT2D eigenvalue weighted by Gasteiger charge is 2.29. The van der Waals surface area contributed by atoms with E-state index in [2.05, 4.69) is 22.0 Å². The summed E-state index contributed by atoms with van der Waals surface area (Å²) in [6.45, 7) is 0. The van der Waals surface area contributed by atoms with E-state index < -0.39 is 11.7 Å². The van der Waals surface area contributed by atoms with Crippen molar-refractivity contribution in [3.63, 3.8) is 0 Å². The van der Waals surface area contributed by atoms with E-state index >= 15 is 0 Å². The molecule has 0 spiro atoms. The van der Waals surface area contributed by atoms with Gasteiger partial charge in [-0.05, 0) is 23.7 Å². The molecule has 0 aromatic heterocycles. The summed E-state index contributed by atoms with van der Waals surface area (Å²) >= 11 is 2.13. The van der Waals surface area contributed by atoms with E-state index in [1.54, 1.807) is 0 Å². The topological polar surface area (TPSA) is 0 Å². The van der Waals surface area contributed by atoms with Crippen molar-refractivity contribution in [3.05, 3.63) is 29.8 Å². The van der Waals surface area contributed by atoms with E-state index in [-0.39, 0.29) is 0 Å². The van der Waals surface area contributed by atoms with Crippen molar-refractivity contribution in [3.8, 4) is 0 Å². The molecule has 0 saturated carbocycles. The van der Waals surface area contributed by atoms with Crippen LogP contribution in [0.25, 0.3) is 0 Å². The Morgan fingerprint density at radius 3 is 1.92 bits per heavy atom. The van der Waals surface area contributed by atoms with Gasteiger partial charge in [-0.1, -0.05) is 34.2 Å². The third kappa shape index (κ3) is 2.59. The molecule has 1 aromatic rings. The van der Waals surface area contributed by atoms with Gasteiger partial charge < -0.3 is 0 Å². The molecule has 0 radical (unpaired) electrons. The fourth-order valence-corrected chi connectivity index (χ4v) is 2.09. The highest BCUT2D eigenvalue weighted by molar-refractivity contribution is 14.2. The molecule has 0 aliphatic rings. The van der Waals surface area contributed by atoms with Crippen LogP contribution in [0.15, 0.2) is 24.3 Å². The molecule has 0 nitrogen and oxygen atoms in total. The predicted molar refractivity (Wildman–Crippen MR) is 53.4 cm³/mol. The van der Waals surface area contributed by atoms with Gasteiger partial charge in [-0.3, -0.25) is 0 Å². The van der Waals surface area contributed by atoms with E-state index in [1.807, 2.05) is 0 Å². The number of hydrogen-bond donors (Lipinski definition) is 0. The number of alkyl halides is 3. The van der Waals surface area contributed by atoms with Crippen LogP contribution in [0.5, 0.6) is 0 Å². The van der Waals surface area contributed by atoms with Crippen molar-refractivity contribution in [2.24, 2.45) is 0 Å². The van der Waals surface area contributed by atoms with E-state index in [1.165, 1.54) is 12.1 Å². The molecule has 1 rings (SSSR count). The minimum absolute atomic E-state index is 0.512. The molecule has 5 heteroatoms. The largest absolute Gasteiger partial charge is 0.416 e. The molecule has 0 heterocycles. The SMILES string of the molecule is FC(F)(F)c1ccc(PI)cc1. The number of rotatable bonds is 1. The first-order chi connectivity index (χ1) is 5.54. The first kappa shape index (κ1) is 10.3. The summed E-state index contributed by atoms with van der Waals surface area (Å²) in [5.74, 6) is 0. The molecule has 1 aromatic carbocycles. The summed E-state index contributed by atoms with van der Waals surface area (Å²) in [4.78, 5) is 0. The molecule has 0 saturated heterocycles. The Balaban J connectivity index is 2.93. The summed E-state index contributed by atoms with van der Waals surface area (Å²) in [7, 11) is 0. The Bertz CT molecular complexity index is 254. The van der Waals surface area contributed by atoms with Gasteiger partial charge in [-0.2, -0.15) is 13.2 Å². The molecular formula is C7H5F3IP. The van der Waals surface area contributed by atoms with Gasteiger partial charge in [0.25, 0.3) is 0 Å². The third-order valence-corrected chi connectivity index (χ3v) is 3.74. The van der Waals surface area contributed by atoms with Crippen LogP contribution in [0.2, 0.25) is 0 Å². The van der Waals surface area contributed by atoms with Crippen LogP contribution in [-0.4, -0.2) is 0 Å². The van der Waals surface area contributed by atoms with Crippen molar-refractivity contribution in [1.29, 1.82) is 0 Å². The summed E-state index contributed by atoms with van der Waals surface area (Å²) in [6.07, 6.45) is -3.70. The highest BCUT2D eigenvalue weighted by Crippen LogP contribution is 2.29. The Kier molecular flexibility index (Phi) is 3.35. The monoisotopic (exact) mass is 304 g/mol. The molecule has 12 heavy (non-hydrogen) atoms. The Morgan fingerprint density at radius 2 is 1.58 bits per heavy atom. The lowest BCUT2D eigenvalue weighted by Crippen LogP contribution is -2.05. The third-order valence-electron chi connectivity index (χ3n) is 1.32. The van der Waals surface area contributed by atoms with Crippen LogP contribution in [0, 0.1) is 0 Å². The van der Waals surface area contributed by atoms with Crippen LogP contribution in [0.3, 0.4) is 0 Å². The zero-order chi connectivity index (χ0) is 9.19. The van der Waals surface area contributed by atoms with E-state index in [0.717, 1.165) is 17.4 Å². The quantitative estimate of drug-likeness (QED) is 0.551. The average molecular weight is 304 g/mol. The van der Waals surface area contributed by atoms with Crippen molar-refractivity contribution in [2.45, 2.75) is 6.18 Å². The summed E-state index contributed by atoms with van der Waals surface area (Å²) in [6, 6.07) is 5.24. The van der Waals surface area contributed by atoms with Gasteiger partial charge >= 0.3 is 6.18 Å². The second-order valence-corrected chi connectivity index (χ2v) is 4.55. The lowest BCUT2D eigenvalue weighted by atomic mass is 10.2. The molecular weight excluding hydrogens is 299 g/mol. The standard InChI is InChI=1S/C7H5F3IP/c8-7(9,10)5-1-3-6(12-11)4-2-5/h1-4,12H. The van der Waals surface area contributed by atoms with Gasteiger partial charge in [0.15, 0.2) is 0 Å².